The minimum atomic E-state index is -1.76. The molecule has 1 heterocycles. The molecule has 0 unspecified atom stereocenters. The molecule has 1 aliphatic rings. The molecule has 0 spiro atoms. The Morgan fingerprint density at radius 3 is 1.52 bits per heavy atom. The summed E-state index contributed by atoms with van der Waals surface area (Å²) in [5, 5.41) is 0. The average molecular weight is 403 g/mol. The fraction of sp³-hybridized carbons (Fsp3) is 0. The summed E-state index contributed by atoms with van der Waals surface area (Å²) in [7, 11) is 0. The second-order valence-electron chi connectivity index (χ2n) is 5.55. The number of fused-ring (bicyclic) bond motifs is 3. The fourth-order valence-electron chi connectivity index (χ4n) is 2.92. The van der Waals surface area contributed by atoms with E-state index in [2.05, 4.69) is 99.1 Å². The summed E-state index contributed by atoms with van der Waals surface area (Å²) in [5.74, 6) is 0. The van der Waals surface area contributed by atoms with Gasteiger partial charge in [-0.3, -0.25) is 0 Å². The van der Waals surface area contributed by atoms with Crippen LogP contribution in [0.3, 0.4) is 0 Å². The van der Waals surface area contributed by atoms with Crippen LogP contribution in [0.4, 0.5) is 0 Å². The van der Waals surface area contributed by atoms with Crippen LogP contribution in [0.25, 0.3) is 23.3 Å². The van der Waals surface area contributed by atoms with E-state index in [4.69, 9.17) is 0 Å². The van der Waals surface area contributed by atoms with E-state index in [1.165, 1.54) is 25.8 Å². The third-order valence-electron chi connectivity index (χ3n) is 4.10. The van der Waals surface area contributed by atoms with E-state index < -0.39 is 20.2 Å². The van der Waals surface area contributed by atoms with Crippen LogP contribution in [0.1, 0.15) is 11.1 Å². The van der Waals surface area contributed by atoms with E-state index >= 15 is 0 Å². The quantitative estimate of drug-likeness (QED) is 0.509. The number of benzene rings is 3. The Labute approximate surface area is 144 Å². The van der Waals surface area contributed by atoms with Crippen molar-refractivity contribution < 1.29 is 0 Å². The summed E-state index contributed by atoms with van der Waals surface area (Å²) in [5.41, 5.74) is 5.27. The summed E-state index contributed by atoms with van der Waals surface area (Å²) in [6, 6.07) is 28.3. The summed E-state index contributed by atoms with van der Waals surface area (Å²) < 4.78 is 6.44. The summed E-state index contributed by atoms with van der Waals surface area (Å²) in [6.45, 7) is 0. The van der Waals surface area contributed by atoms with Gasteiger partial charge < -0.3 is 0 Å². The number of rotatable bonds is 1. The number of hydrogen-bond donors (Lipinski definition) is 0. The molecule has 0 saturated heterocycles. The summed E-state index contributed by atoms with van der Waals surface area (Å²) >= 11 is -1.76. The van der Waals surface area contributed by atoms with Gasteiger partial charge in [-0.25, -0.2) is 0 Å². The van der Waals surface area contributed by atoms with Crippen molar-refractivity contribution in [2.24, 2.45) is 0 Å². The Kier molecular flexibility index (Phi) is 4.18. The Bertz CT molecular complexity index is 820. The van der Waals surface area contributed by atoms with Gasteiger partial charge in [-0.05, 0) is 0 Å². The van der Waals surface area contributed by atoms with Crippen molar-refractivity contribution in [2.75, 3.05) is 0 Å². The molecule has 0 atom stereocenters. The molecule has 0 bridgehead atoms. The van der Waals surface area contributed by atoms with E-state index in [9.17, 15) is 0 Å². The first-order valence-corrected chi connectivity index (χ1v) is 12.0. The monoisotopic (exact) mass is 402 g/mol. The van der Waals surface area contributed by atoms with E-state index in [0.717, 1.165) is 0 Å². The van der Waals surface area contributed by atoms with Crippen LogP contribution in [0, 0.1) is 0 Å². The van der Waals surface area contributed by atoms with Gasteiger partial charge in [-0.15, -0.1) is 0 Å². The molecule has 1 heteroatoms. The van der Waals surface area contributed by atoms with Gasteiger partial charge in [-0.2, -0.15) is 0 Å². The fourth-order valence-corrected chi connectivity index (χ4v) is 7.49. The second kappa shape index (κ2) is 6.60. The molecule has 0 amide bonds. The van der Waals surface area contributed by atoms with Crippen LogP contribution in [0.5, 0.6) is 0 Å². The molecular formula is C22H17Sb. The van der Waals surface area contributed by atoms with Gasteiger partial charge in [0.15, 0.2) is 0 Å². The van der Waals surface area contributed by atoms with Crippen molar-refractivity contribution in [3.05, 3.63) is 98.0 Å². The van der Waals surface area contributed by atoms with Crippen LogP contribution in [-0.4, -0.2) is 20.2 Å². The molecule has 23 heavy (non-hydrogen) atoms. The predicted octanol–water partition coefficient (Wildman–Crippen LogP) is 4.87. The van der Waals surface area contributed by atoms with Crippen molar-refractivity contribution in [3.63, 3.8) is 0 Å². The van der Waals surface area contributed by atoms with Gasteiger partial charge in [-0.1, -0.05) is 0 Å². The molecule has 0 fully saturated rings. The second-order valence-corrected chi connectivity index (χ2v) is 11.0. The van der Waals surface area contributed by atoms with Crippen molar-refractivity contribution in [2.45, 2.75) is 0 Å². The molecule has 1 aliphatic heterocycles. The van der Waals surface area contributed by atoms with Crippen LogP contribution in [-0.2, 0) is 0 Å². The molecule has 110 valence electrons. The van der Waals surface area contributed by atoms with Crippen LogP contribution < -0.4 is 3.51 Å². The van der Waals surface area contributed by atoms with Crippen LogP contribution in [0.15, 0.2) is 86.9 Å². The Balaban J connectivity index is 1.90. The average Bonchev–Trinajstić information content (AvgIpc) is 2.70. The van der Waals surface area contributed by atoms with Gasteiger partial charge >= 0.3 is 145 Å². The van der Waals surface area contributed by atoms with Crippen molar-refractivity contribution in [3.8, 4) is 11.1 Å². The minimum absolute atomic E-state index is 1.31. The van der Waals surface area contributed by atoms with Gasteiger partial charge in [0.1, 0.15) is 0 Å². The maximum atomic E-state index is 2.47. The molecule has 3 aromatic carbocycles. The van der Waals surface area contributed by atoms with E-state index in [0.29, 0.717) is 0 Å². The summed E-state index contributed by atoms with van der Waals surface area (Å²) in [4.78, 5) is 0. The topological polar surface area (TPSA) is 0 Å². The zero-order valence-electron chi connectivity index (χ0n) is 12.8. The molecule has 0 radical (unpaired) electrons. The molecule has 0 N–H and O–H groups in total. The Morgan fingerprint density at radius 2 is 0.957 bits per heavy atom. The normalized spacial score (nSPS) is 16.3. The van der Waals surface area contributed by atoms with Gasteiger partial charge in [0.25, 0.3) is 0 Å². The zero-order chi connectivity index (χ0) is 15.5. The molecule has 0 aliphatic carbocycles. The zero-order valence-corrected chi connectivity index (χ0v) is 15.3. The van der Waals surface area contributed by atoms with Gasteiger partial charge in [0.2, 0.25) is 0 Å². The predicted molar refractivity (Wildman–Crippen MR) is 102 cm³/mol. The first-order valence-electron chi connectivity index (χ1n) is 7.80. The molecular weight excluding hydrogens is 386 g/mol. The standard InChI is InChI=1S/C16H12.C6H5.Sb/c1-3-13-9-5-7-11-15(13)16-12-8-6-10-14(16)4-2;1-2-4-6-5-3-1;/h1-12H;1-5H;. The van der Waals surface area contributed by atoms with Crippen molar-refractivity contribution >= 4 is 35.9 Å². The maximum absolute atomic E-state index is 2.47. The van der Waals surface area contributed by atoms with Gasteiger partial charge in [0.05, 0.1) is 0 Å². The van der Waals surface area contributed by atoms with E-state index in [1.807, 2.05) is 0 Å². The third-order valence-corrected chi connectivity index (χ3v) is 9.33. The third kappa shape index (κ3) is 3.05. The molecule has 3 aromatic rings. The van der Waals surface area contributed by atoms with E-state index in [1.54, 1.807) is 0 Å². The van der Waals surface area contributed by atoms with E-state index in [-0.39, 0.29) is 0 Å². The Morgan fingerprint density at radius 1 is 0.478 bits per heavy atom. The van der Waals surface area contributed by atoms with Crippen molar-refractivity contribution in [1.29, 1.82) is 0 Å². The molecule has 0 nitrogen and oxygen atoms in total. The SMILES string of the molecule is C1=[CH]\[Sb]([c]2ccccc2)/[CH]=C\c2ccccc2-c2ccccc2/1. The molecule has 4 rings (SSSR count). The van der Waals surface area contributed by atoms with Gasteiger partial charge in [0, 0.05) is 0 Å². The van der Waals surface area contributed by atoms with Crippen LogP contribution in [0.2, 0.25) is 0 Å². The summed E-state index contributed by atoms with van der Waals surface area (Å²) in [6.07, 6.45) is 4.66. The first kappa shape index (κ1) is 14.5. The van der Waals surface area contributed by atoms with Crippen molar-refractivity contribution in [1.82, 2.24) is 0 Å². The van der Waals surface area contributed by atoms with Crippen LogP contribution >= 0.6 is 0 Å². The number of hydrogen-bond acceptors (Lipinski definition) is 0. The first-order chi connectivity index (χ1) is 11.4. The molecule has 0 aromatic heterocycles. The molecule has 0 saturated carbocycles. The Hall–Kier alpha value is -2.04.